The molecule has 0 saturated heterocycles. The lowest BCUT2D eigenvalue weighted by molar-refractivity contribution is -0.139. The first-order chi connectivity index (χ1) is 9.20. The molecule has 1 atom stereocenters. The van der Waals surface area contributed by atoms with Gasteiger partial charge in [-0.25, -0.2) is 4.79 Å². The number of hydrogen-bond acceptors (Lipinski definition) is 2. The van der Waals surface area contributed by atoms with E-state index in [9.17, 15) is 4.79 Å². The number of hydrogen-bond donors (Lipinski definition) is 0. The first kappa shape index (κ1) is 18.2. The lowest BCUT2D eigenvalue weighted by Crippen LogP contribution is -2.09. The van der Waals surface area contributed by atoms with Gasteiger partial charge in [-0.3, -0.25) is 0 Å². The average Bonchev–Trinajstić information content (AvgIpc) is 2.42. The third-order valence-corrected chi connectivity index (χ3v) is 3.48. The summed E-state index contributed by atoms with van der Waals surface area (Å²) in [6.07, 6.45) is 14.6. The molecule has 0 spiro atoms. The smallest absolute Gasteiger partial charge is 0.330 e. The number of ether oxygens (including phenoxy) is 1. The lowest BCUT2D eigenvalue weighted by atomic mass is 10.0. The maximum absolute atomic E-state index is 10.9. The molecule has 0 fully saturated rings. The van der Waals surface area contributed by atoms with E-state index < -0.39 is 0 Å². The van der Waals surface area contributed by atoms with Crippen LogP contribution in [0.1, 0.15) is 78.1 Å². The zero-order valence-electron chi connectivity index (χ0n) is 13.0. The first-order valence-corrected chi connectivity index (χ1v) is 7.99. The molecule has 0 rings (SSSR count). The van der Waals surface area contributed by atoms with Crippen LogP contribution in [0.15, 0.2) is 12.7 Å². The predicted octanol–water partition coefficient (Wildman–Crippen LogP) is 5.27. The Kier molecular flexibility index (Phi) is 13.1. The highest BCUT2D eigenvalue weighted by Crippen LogP contribution is 2.13. The number of esters is 1. The molecule has 0 saturated carbocycles. The summed E-state index contributed by atoms with van der Waals surface area (Å²) in [5.41, 5.74) is 0. The Labute approximate surface area is 119 Å². The van der Waals surface area contributed by atoms with Crippen LogP contribution in [0.2, 0.25) is 0 Å². The highest BCUT2D eigenvalue weighted by Gasteiger charge is 2.04. The van der Waals surface area contributed by atoms with E-state index in [0.717, 1.165) is 6.42 Å². The molecule has 112 valence electrons. The average molecular weight is 268 g/mol. The van der Waals surface area contributed by atoms with Crippen LogP contribution in [-0.2, 0) is 9.53 Å². The van der Waals surface area contributed by atoms with Crippen LogP contribution in [0.4, 0.5) is 0 Å². The van der Waals surface area contributed by atoms with Gasteiger partial charge in [-0.2, -0.15) is 0 Å². The molecule has 2 heteroatoms. The van der Waals surface area contributed by atoms with Gasteiger partial charge in [0, 0.05) is 6.08 Å². The molecule has 0 aromatic rings. The third kappa shape index (κ3) is 13.4. The van der Waals surface area contributed by atoms with Gasteiger partial charge in [0.25, 0.3) is 0 Å². The summed E-state index contributed by atoms with van der Waals surface area (Å²) in [6, 6.07) is 0. The van der Waals surface area contributed by atoms with Crippen LogP contribution >= 0.6 is 0 Å². The minimum Gasteiger partial charge on any atom is -0.462 e. The van der Waals surface area contributed by atoms with Crippen molar-refractivity contribution in [3.8, 4) is 0 Å². The third-order valence-electron chi connectivity index (χ3n) is 3.48. The molecule has 0 amide bonds. The SMILES string of the molecule is C=CC(=O)OCC(C)CCCCCCCCCCC. The number of rotatable bonds is 13. The fraction of sp³-hybridized carbons (Fsp3) is 0.824. The minimum atomic E-state index is -0.307. The molecule has 0 bridgehead atoms. The molecule has 2 nitrogen and oxygen atoms in total. The Hall–Kier alpha value is -0.790. The Morgan fingerprint density at radius 3 is 2.11 bits per heavy atom. The molecule has 19 heavy (non-hydrogen) atoms. The van der Waals surface area contributed by atoms with E-state index in [1.807, 2.05) is 0 Å². The molecular formula is C17H32O2. The van der Waals surface area contributed by atoms with Crippen LogP contribution in [0.3, 0.4) is 0 Å². The van der Waals surface area contributed by atoms with Gasteiger partial charge in [0.1, 0.15) is 0 Å². The second-order valence-corrected chi connectivity index (χ2v) is 5.56. The highest BCUT2D eigenvalue weighted by atomic mass is 16.5. The van der Waals surface area contributed by atoms with Crippen LogP contribution in [0.5, 0.6) is 0 Å². The Balaban J connectivity index is 3.20. The summed E-state index contributed by atoms with van der Waals surface area (Å²) in [5.74, 6) is 0.160. The van der Waals surface area contributed by atoms with Crippen LogP contribution in [-0.4, -0.2) is 12.6 Å². The van der Waals surface area contributed by atoms with Gasteiger partial charge in [0.15, 0.2) is 0 Å². The second-order valence-electron chi connectivity index (χ2n) is 5.56. The van der Waals surface area contributed by atoms with Crippen LogP contribution in [0, 0.1) is 5.92 Å². The summed E-state index contributed by atoms with van der Waals surface area (Å²) in [7, 11) is 0. The first-order valence-electron chi connectivity index (χ1n) is 7.99. The normalized spacial score (nSPS) is 12.1. The molecule has 0 aromatic carbocycles. The maximum Gasteiger partial charge on any atom is 0.330 e. The van der Waals surface area contributed by atoms with E-state index >= 15 is 0 Å². The second kappa shape index (κ2) is 13.6. The van der Waals surface area contributed by atoms with Crippen molar-refractivity contribution in [2.45, 2.75) is 78.1 Å². The van der Waals surface area contributed by atoms with Crippen molar-refractivity contribution in [3.05, 3.63) is 12.7 Å². The Morgan fingerprint density at radius 1 is 1.05 bits per heavy atom. The zero-order chi connectivity index (χ0) is 14.3. The Bertz CT molecular complexity index is 223. The largest absolute Gasteiger partial charge is 0.462 e. The molecule has 0 aliphatic carbocycles. The van der Waals surface area contributed by atoms with Crippen LogP contribution in [0.25, 0.3) is 0 Å². The van der Waals surface area contributed by atoms with Gasteiger partial charge in [-0.15, -0.1) is 0 Å². The highest BCUT2D eigenvalue weighted by molar-refractivity contribution is 5.81. The fourth-order valence-corrected chi connectivity index (χ4v) is 2.17. The van der Waals surface area contributed by atoms with Gasteiger partial charge in [-0.1, -0.05) is 78.2 Å². The topological polar surface area (TPSA) is 26.3 Å². The fourth-order valence-electron chi connectivity index (χ4n) is 2.17. The lowest BCUT2D eigenvalue weighted by Gasteiger charge is -2.10. The van der Waals surface area contributed by atoms with Crippen molar-refractivity contribution in [1.29, 1.82) is 0 Å². The van der Waals surface area contributed by atoms with Gasteiger partial charge >= 0.3 is 5.97 Å². The number of carbonyl (C=O) groups is 1. The summed E-state index contributed by atoms with van der Waals surface area (Å²) >= 11 is 0. The molecule has 0 N–H and O–H groups in total. The molecule has 0 aromatic heterocycles. The molecule has 0 aliphatic rings. The van der Waals surface area contributed by atoms with Gasteiger partial charge in [0.2, 0.25) is 0 Å². The van der Waals surface area contributed by atoms with E-state index in [-0.39, 0.29) is 5.97 Å². The standard InChI is InChI=1S/C17H32O2/c1-4-6-7-8-9-10-11-12-13-14-16(3)15-19-17(18)5-2/h5,16H,2,4,6-15H2,1,3H3. The number of unbranched alkanes of at least 4 members (excludes halogenated alkanes) is 8. The molecule has 0 radical (unpaired) electrons. The van der Waals surface area contributed by atoms with Gasteiger partial charge in [-0.05, 0) is 12.3 Å². The molecule has 0 aliphatic heterocycles. The summed E-state index contributed by atoms with van der Waals surface area (Å²) < 4.78 is 5.03. The van der Waals surface area contributed by atoms with E-state index in [1.165, 1.54) is 63.9 Å². The molecular weight excluding hydrogens is 236 g/mol. The van der Waals surface area contributed by atoms with Crippen molar-refractivity contribution in [2.75, 3.05) is 6.61 Å². The van der Waals surface area contributed by atoms with E-state index in [1.54, 1.807) is 0 Å². The van der Waals surface area contributed by atoms with E-state index in [2.05, 4.69) is 20.4 Å². The number of carbonyl (C=O) groups excluding carboxylic acids is 1. The van der Waals surface area contributed by atoms with E-state index in [4.69, 9.17) is 4.74 Å². The van der Waals surface area contributed by atoms with Gasteiger partial charge < -0.3 is 4.74 Å². The zero-order valence-corrected chi connectivity index (χ0v) is 13.0. The maximum atomic E-state index is 10.9. The van der Waals surface area contributed by atoms with Crippen molar-refractivity contribution >= 4 is 5.97 Å². The van der Waals surface area contributed by atoms with Crippen molar-refractivity contribution in [1.82, 2.24) is 0 Å². The van der Waals surface area contributed by atoms with Crippen molar-refractivity contribution in [2.24, 2.45) is 5.92 Å². The van der Waals surface area contributed by atoms with Crippen molar-refractivity contribution in [3.63, 3.8) is 0 Å². The summed E-state index contributed by atoms with van der Waals surface area (Å²) in [5, 5.41) is 0. The molecule has 1 unspecified atom stereocenters. The minimum absolute atomic E-state index is 0.307. The van der Waals surface area contributed by atoms with Crippen molar-refractivity contribution < 1.29 is 9.53 Å². The summed E-state index contributed by atoms with van der Waals surface area (Å²) in [4.78, 5) is 10.9. The van der Waals surface area contributed by atoms with Gasteiger partial charge in [0.05, 0.1) is 6.61 Å². The predicted molar refractivity (Wildman–Crippen MR) is 82.2 cm³/mol. The van der Waals surface area contributed by atoms with Crippen LogP contribution < -0.4 is 0 Å². The summed E-state index contributed by atoms with van der Waals surface area (Å²) in [6.45, 7) is 8.31. The Morgan fingerprint density at radius 2 is 1.58 bits per heavy atom. The quantitative estimate of drug-likeness (QED) is 0.258. The molecule has 0 heterocycles. The monoisotopic (exact) mass is 268 g/mol. The van der Waals surface area contributed by atoms with E-state index in [0.29, 0.717) is 12.5 Å².